The molecule has 1 aliphatic rings. The van der Waals surface area contributed by atoms with E-state index in [4.69, 9.17) is 0 Å². The Bertz CT molecular complexity index is 935. The van der Waals surface area contributed by atoms with Crippen molar-refractivity contribution >= 4 is 39.1 Å². The molecule has 8 heteroatoms. The van der Waals surface area contributed by atoms with Crippen molar-refractivity contribution in [2.45, 2.75) is 6.04 Å². The quantitative estimate of drug-likeness (QED) is 0.271. The van der Waals surface area contributed by atoms with Gasteiger partial charge in [-0.05, 0) is 29.8 Å². The van der Waals surface area contributed by atoms with Gasteiger partial charge in [-0.15, -0.1) is 0 Å². The number of aliphatic hydroxyl groups excluding tert-OH is 1. The van der Waals surface area contributed by atoms with Crippen molar-refractivity contribution in [3.63, 3.8) is 0 Å². The highest BCUT2D eigenvalue weighted by Crippen LogP contribution is 2.38. The molecule has 3 rings (SSSR count). The number of hydrogen-bond donors (Lipinski definition) is 1. The Kier molecular flexibility index (Phi) is 4.60. The van der Waals surface area contributed by atoms with Crippen LogP contribution < -0.4 is 0 Å². The molecule has 2 aromatic rings. The molecule has 0 aromatic heterocycles. The molecule has 26 heavy (non-hydrogen) atoms. The Labute approximate surface area is 156 Å². The van der Waals surface area contributed by atoms with Gasteiger partial charge in [0.25, 0.3) is 17.4 Å². The number of halogens is 1. The number of benzene rings is 2. The molecule has 0 bridgehead atoms. The predicted octanol–water partition coefficient (Wildman–Crippen LogP) is 3.41. The molecule has 1 saturated heterocycles. The van der Waals surface area contributed by atoms with Crippen molar-refractivity contribution in [2.24, 2.45) is 0 Å². The summed E-state index contributed by atoms with van der Waals surface area (Å²) >= 11 is 3.29. The second kappa shape index (κ2) is 6.72. The summed E-state index contributed by atoms with van der Waals surface area (Å²) < 4.78 is 0.803. The van der Waals surface area contributed by atoms with Gasteiger partial charge < -0.3 is 10.0 Å². The average Bonchev–Trinajstić information content (AvgIpc) is 2.86. The van der Waals surface area contributed by atoms with Gasteiger partial charge in [0, 0.05) is 29.2 Å². The maximum Gasteiger partial charge on any atom is 0.295 e. The third-order valence-electron chi connectivity index (χ3n) is 4.21. The highest BCUT2D eigenvalue weighted by molar-refractivity contribution is 9.10. The summed E-state index contributed by atoms with van der Waals surface area (Å²) in [5, 5.41) is 21.5. The zero-order valence-electron chi connectivity index (χ0n) is 13.5. The largest absolute Gasteiger partial charge is 0.507 e. The van der Waals surface area contributed by atoms with Gasteiger partial charge in [0.2, 0.25) is 0 Å². The summed E-state index contributed by atoms with van der Waals surface area (Å²) in [6.45, 7) is 0. The third-order valence-corrected chi connectivity index (χ3v) is 4.74. The second-order valence-corrected chi connectivity index (χ2v) is 6.68. The minimum atomic E-state index is -0.820. The third kappa shape index (κ3) is 2.99. The number of non-ortho nitro benzene ring substituents is 1. The van der Waals surface area contributed by atoms with Crippen LogP contribution in [0.3, 0.4) is 0 Å². The van der Waals surface area contributed by atoms with Gasteiger partial charge in [-0.3, -0.25) is 19.7 Å². The maximum absolute atomic E-state index is 12.4. The number of aliphatic hydroxyl groups is 1. The molecule has 1 heterocycles. The number of nitro groups is 1. The lowest BCUT2D eigenvalue weighted by Gasteiger charge is -2.20. The van der Waals surface area contributed by atoms with Crippen LogP contribution in [0.5, 0.6) is 0 Å². The van der Waals surface area contributed by atoms with Crippen molar-refractivity contribution < 1.29 is 19.6 Å². The van der Waals surface area contributed by atoms with Crippen LogP contribution in [-0.4, -0.2) is 33.7 Å². The first-order valence-electron chi connectivity index (χ1n) is 7.56. The Hall–Kier alpha value is -3.00. The molecule has 132 valence electrons. The number of carbonyl (C=O) groups is 2. The van der Waals surface area contributed by atoms with Crippen LogP contribution in [-0.2, 0) is 9.59 Å². The Morgan fingerprint density at radius 2 is 1.69 bits per heavy atom. The van der Waals surface area contributed by atoms with E-state index in [1.807, 2.05) is 0 Å². The highest BCUT2D eigenvalue weighted by Gasteiger charge is 2.44. The molecule has 1 N–H and O–H groups in total. The minimum absolute atomic E-state index is 0.0475. The summed E-state index contributed by atoms with van der Waals surface area (Å²) in [7, 11) is 1.45. The average molecular weight is 417 g/mol. The fourth-order valence-corrected chi connectivity index (χ4v) is 3.14. The van der Waals surface area contributed by atoms with E-state index in [0.717, 1.165) is 4.47 Å². The van der Waals surface area contributed by atoms with E-state index in [2.05, 4.69) is 15.9 Å². The van der Waals surface area contributed by atoms with Gasteiger partial charge in [-0.2, -0.15) is 0 Å². The van der Waals surface area contributed by atoms with E-state index >= 15 is 0 Å². The second-order valence-electron chi connectivity index (χ2n) is 5.77. The molecule has 0 unspecified atom stereocenters. The van der Waals surface area contributed by atoms with Gasteiger partial charge in [-0.25, -0.2) is 0 Å². The molecule has 7 nitrogen and oxygen atoms in total. The number of hydrogen-bond acceptors (Lipinski definition) is 5. The molecule has 1 amide bonds. The van der Waals surface area contributed by atoms with Crippen LogP contribution in [0.2, 0.25) is 0 Å². The van der Waals surface area contributed by atoms with E-state index < -0.39 is 22.7 Å². The first-order chi connectivity index (χ1) is 12.3. The fraction of sp³-hybridized carbons (Fsp3) is 0.111. The number of rotatable bonds is 3. The smallest absolute Gasteiger partial charge is 0.295 e. The van der Waals surface area contributed by atoms with Crippen LogP contribution in [0.15, 0.2) is 58.6 Å². The number of Topliss-reactive ketones (excluding diaryl/α,β-unsaturated/α-hetero) is 1. The van der Waals surface area contributed by atoms with Crippen LogP contribution in [0.1, 0.15) is 17.2 Å². The first-order valence-corrected chi connectivity index (χ1v) is 8.35. The molecule has 1 aliphatic heterocycles. The summed E-state index contributed by atoms with van der Waals surface area (Å²) in [4.78, 5) is 36.1. The number of likely N-dealkylation sites (N-methyl/N-ethyl adjacent to an activating group) is 1. The zero-order valence-corrected chi connectivity index (χ0v) is 15.1. The standard InChI is InChI=1S/C18H13BrN2O5/c1-20-15(10-4-8-13(9-5-10)21(25)26)14(17(23)18(20)24)16(22)11-2-6-12(19)7-3-11/h2-9,15,22H,1H3/t15-/m1/s1. The van der Waals surface area contributed by atoms with Crippen LogP contribution in [0.25, 0.3) is 5.76 Å². The molecule has 1 atom stereocenters. The lowest BCUT2D eigenvalue weighted by atomic mass is 9.95. The molecule has 0 saturated carbocycles. The topological polar surface area (TPSA) is 101 Å². The first kappa shape index (κ1) is 17.8. The fourth-order valence-electron chi connectivity index (χ4n) is 2.88. The van der Waals surface area contributed by atoms with Gasteiger partial charge in [0.05, 0.1) is 16.5 Å². The lowest BCUT2D eigenvalue weighted by Crippen LogP contribution is -2.24. The number of nitrogens with zero attached hydrogens (tertiary/aromatic N) is 2. The van der Waals surface area contributed by atoms with E-state index in [9.17, 15) is 24.8 Å². The summed E-state index contributed by atoms with van der Waals surface area (Å²) in [6, 6.07) is 11.4. The Balaban J connectivity index is 2.13. The van der Waals surface area contributed by atoms with Gasteiger partial charge in [0.15, 0.2) is 0 Å². The van der Waals surface area contributed by atoms with Crippen LogP contribution >= 0.6 is 15.9 Å². The molecule has 0 spiro atoms. The van der Waals surface area contributed by atoms with Crippen molar-refractivity contribution in [1.29, 1.82) is 0 Å². The zero-order chi connectivity index (χ0) is 19.0. The molecule has 0 radical (unpaired) electrons. The van der Waals surface area contributed by atoms with Crippen molar-refractivity contribution in [1.82, 2.24) is 4.90 Å². The van der Waals surface area contributed by atoms with Crippen LogP contribution in [0.4, 0.5) is 5.69 Å². The minimum Gasteiger partial charge on any atom is -0.507 e. The van der Waals surface area contributed by atoms with Crippen LogP contribution in [0, 0.1) is 10.1 Å². The van der Waals surface area contributed by atoms with E-state index in [1.54, 1.807) is 24.3 Å². The molecule has 1 fully saturated rings. The SMILES string of the molecule is CN1C(=O)C(=O)C(=C(O)c2ccc(Br)cc2)[C@H]1c1ccc([N+](=O)[O-])cc1. The number of amides is 1. The van der Waals surface area contributed by atoms with Gasteiger partial charge >= 0.3 is 0 Å². The lowest BCUT2D eigenvalue weighted by molar-refractivity contribution is -0.384. The van der Waals surface area contributed by atoms with E-state index in [-0.39, 0.29) is 17.0 Å². The van der Waals surface area contributed by atoms with Gasteiger partial charge in [-0.1, -0.05) is 28.1 Å². The molecular formula is C18H13BrN2O5. The Morgan fingerprint density at radius 3 is 2.23 bits per heavy atom. The number of nitro benzene ring substituents is 1. The van der Waals surface area contributed by atoms with E-state index in [1.165, 1.54) is 36.2 Å². The highest BCUT2D eigenvalue weighted by atomic mass is 79.9. The maximum atomic E-state index is 12.4. The Morgan fingerprint density at radius 1 is 1.12 bits per heavy atom. The predicted molar refractivity (Wildman–Crippen MR) is 97.3 cm³/mol. The van der Waals surface area contributed by atoms with Crippen molar-refractivity contribution in [3.05, 3.63) is 79.8 Å². The summed E-state index contributed by atoms with van der Waals surface area (Å²) in [5.74, 6) is -1.83. The summed E-state index contributed by atoms with van der Waals surface area (Å²) in [6.07, 6.45) is 0. The van der Waals surface area contributed by atoms with Crippen molar-refractivity contribution in [3.8, 4) is 0 Å². The molecule has 0 aliphatic carbocycles. The molecule has 2 aromatic carbocycles. The van der Waals surface area contributed by atoms with Crippen molar-refractivity contribution in [2.75, 3.05) is 7.05 Å². The van der Waals surface area contributed by atoms with Gasteiger partial charge in [0.1, 0.15) is 5.76 Å². The van der Waals surface area contributed by atoms with E-state index in [0.29, 0.717) is 11.1 Å². The summed E-state index contributed by atoms with van der Waals surface area (Å²) in [5.41, 5.74) is 0.742. The number of likely N-dealkylation sites (tertiary alicyclic amines) is 1. The number of ketones is 1. The number of carbonyl (C=O) groups excluding carboxylic acids is 2. The molecular weight excluding hydrogens is 404 g/mol. The monoisotopic (exact) mass is 416 g/mol. The normalized spacial score (nSPS) is 19.0.